The number of aliphatic hydroxyl groups is 1. The molecule has 2 aromatic carbocycles. The van der Waals surface area contributed by atoms with Crippen LogP contribution in [-0.2, 0) is 12.8 Å². The monoisotopic (exact) mass is 403 g/mol. The van der Waals surface area contributed by atoms with Crippen LogP contribution in [-0.4, -0.2) is 35.4 Å². The molecule has 1 saturated heterocycles. The van der Waals surface area contributed by atoms with E-state index >= 15 is 0 Å². The predicted molar refractivity (Wildman–Crippen MR) is 105 cm³/mol. The molecule has 0 aromatic heterocycles. The van der Waals surface area contributed by atoms with E-state index in [0.717, 1.165) is 29.5 Å². The summed E-state index contributed by atoms with van der Waals surface area (Å²) < 4.78 is 7.58. The highest BCUT2D eigenvalue weighted by Crippen LogP contribution is 2.36. The fourth-order valence-electron chi connectivity index (χ4n) is 3.65. The first-order valence-corrected chi connectivity index (χ1v) is 9.72. The number of nitrogens with zero attached hydrogens (tertiary/aromatic N) is 1. The molecule has 0 saturated carbocycles. The van der Waals surface area contributed by atoms with Crippen molar-refractivity contribution in [3.8, 4) is 5.75 Å². The third kappa shape index (κ3) is 4.25. The van der Waals surface area contributed by atoms with Crippen molar-refractivity contribution in [3.63, 3.8) is 0 Å². The number of hydrogen-bond acceptors (Lipinski definition) is 3. The highest BCUT2D eigenvalue weighted by atomic mass is 79.9. The minimum Gasteiger partial charge on any atom is -0.472 e. The zero-order chi connectivity index (χ0) is 17.9. The van der Waals surface area contributed by atoms with Crippen molar-refractivity contribution < 1.29 is 9.84 Å². The molecular formula is C21H26BrNO2. The van der Waals surface area contributed by atoms with Gasteiger partial charge in [-0.25, -0.2) is 0 Å². The summed E-state index contributed by atoms with van der Waals surface area (Å²) in [5, 5.41) is 10.1. The lowest BCUT2D eigenvalue weighted by Gasteiger charge is -2.36. The third-order valence-electron chi connectivity index (χ3n) is 5.14. The Kier molecular flexibility index (Phi) is 5.82. The number of halogens is 1. The van der Waals surface area contributed by atoms with Gasteiger partial charge in [0.05, 0.1) is 6.10 Å². The van der Waals surface area contributed by atoms with Crippen LogP contribution in [0.25, 0.3) is 0 Å². The highest BCUT2D eigenvalue weighted by Gasteiger charge is 2.44. The van der Waals surface area contributed by atoms with Crippen LogP contribution in [0.15, 0.2) is 53.0 Å². The van der Waals surface area contributed by atoms with Gasteiger partial charge in [0.15, 0.2) is 5.72 Å². The van der Waals surface area contributed by atoms with E-state index in [0.29, 0.717) is 13.0 Å². The SMILES string of the molecule is CCC1(Oc2ccc(Br)cc2CCc2ccccc2)CC(O)CN1C. The summed E-state index contributed by atoms with van der Waals surface area (Å²) in [5.41, 5.74) is 2.10. The minimum absolute atomic E-state index is 0.326. The number of likely N-dealkylation sites (tertiary alicyclic amines) is 1. The Hall–Kier alpha value is -1.36. The van der Waals surface area contributed by atoms with E-state index in [4.69, 9.17) is 4.74 Å². The van der Waals surface area contributed by atoms with Crippen molar-refractivity contribution in [1.29, 1.82) is 0 Å². The first kappa shape index (κ1) is 18.4. The molecule has 1 fully saturated rings. The molecule has 2 atom stereocenters. The van der Waals surface area contributed by atoms with E-state index in [1.165, 1.54) is 11.1 Å². The second-order valence-corrected chi connectivity index (χ2v) is 7.79. The van der Waals surface area contributed by atoms with Crippen LogP contribution in [0.1, 0.15) is 30.9 Å². The summed E-state index contributed by atoms with van der Waals surface area (Å²) in [6.07, 6.45) is 3.06. The number of hydrogen-bond donors (Lipinski definition) is 1. The standard InChI is InChI=1S/C21H26BrNO2/c1-3-21(14-19(24)15-23(21)2)25-20-12-11-18(22)13-17(20)10-9-16-7-5-4-6-8-16/h4-8,11-13,19,24H,3,9-10,14-15H2,1-2H3. The van der Waals surface area contributed by atoms with Gasteiger partial charge in [0.1, 0.15) is 5.75 Å². The predicted octanol–water partition coefficient (Wildman–Crippen LogP) is 4.42. The number of β-amino-alcohol motifs (C(OH)–C–C–N with tert-alkyl or cyclic N) is 1. The van der Waals surface area contributed by atoms with Crippen molar-refractivity contribution in [1.82, 2.24) is 4.90 Å². The van der Waals surface area contributed by atoms with Crippen molar-refractivity contribution in [2.45, 2.75) is 44.4 Å². The summed E-state index contributed by atoms with van der Waals surface area (Å²) >= 11 is 3.58. The van der Waals surface area contributed by atoms with Crippen LogP contribution < -0.4 is 4.74 Å². The van der Waals surface area contributed by atoms with Gasteiger partial charge in [0.25, 0.3) is 0 Å². The second-order valence-electron chi connectivity index (χ2n) is 6.88. The van der Waals surface area contributed by atoms with Crippen LogP contribution in [0, 0.1) is 0 Å². The minimum atomic E-state index is -0.422. The zero-order valence-electron chi connectivity index (χ0n) is 14.9. The van der Waals surface area contributed by atoms with Crippen molar-refractivity contribution in [2.24, 2.45) is 0 Å². The Morgan fingerprint density at radius 3 is 2.60 bits per heavy atom. The van der Waals surface area contributed by atoms with E-state index in [9.17, 15) is 5.11 Å². The highest BCUT2D eigenvalue weighted by molar-refractivity contribution is 9.10. The molecule has 1 aliphatic rings. The molecule has 4 heteroatoms. The molecular weight excluding hydrogens is 378 g/mol. The van der Waals surface area contributed by atoms with Crippen LogP contribution in [0.3, 0.4) is 0 Å². The van der Waals surface area contributed by atoms with Gasteiger partial charge in [0, 0.05) is 17.4 Å². The Balaban J connectivity index is 1.81. The quantitative estimate of drug-likeness (QED) is 0.774. The van der Waals surface area contributed by atoms with E-state index in [2.05, 4.69) is 58.1 Å². The summed E-state index contributed by atoms with van der Waals surface area (Å²) in [7, 11) is 2.03. The Bertz CT molecular complexity index is 706. The van der Waals surface area contributed by atoms with Crippen LogP contribution in [0.2, 0.25) is 0 Å². The van der Waals surface area contributed by atoms with Gasteiger partial charge in [-0.15, -0.1) is 0 Å². The molecule has 0 spiro atoms. The first-order valence-electron chi connectivity index (χ1n) is 8.93. The lowest BCUT2D eigenvalue weighted by molar-refractivity contribution is -0.0471. The van der Waals surface area contributed by atoms with Crippen LogP contribution in [0.4, 0.5) is 0 Å². The maximum atomic E-state index is 10.1. The van der Waals surface area contributed by atoms with Gasteiger partial charge >= 0.3 is 0 Å². The van der Waals surface area contributed by atoms with Crippen LogP contribution >= 0.6 is 15.9 Å². The molecule has 2 unspecified atom stereocenters. The van der Waals surface area contributed by atoms with Gasteiger partial charge in [-0.3, -0.25) is 4.90 Å². The van der Waals surface area contributed by atoms with Crippen molar-refractivity contribution in [3.05, 3.63) is 64.1 Å². The van der Waals surface area contributed by atoms with Gasteiger partial charge in [0.2, 0.25) is 0 Å². The van der Waals surface area contributed by atoms with Gasteiger partial charge < -0.3 is 9.84 Å². The first-order chi connectivity index (χ1) is 12.0. The molecule has 0 radical (unpaired) electrons. The number of aliphatic hydroxyl groups excluding tert-OH is 1. The fourth-order valence-corrected chi connectivity index (χ4v) is 4.06. The van der Waals surface area contributed by atoms with Crippen LogP contribution in [0.5, 0.6) is 5.75 Å². The molecule has 25 heavy (non-hydrogen) atoms. The Labute approximate surface area is 158 Å². The Morgan fingerprint density at radius 1 is 1.20 bits per heavy atom. The largest absolute Gasteiger partial charge is 0.472 e. The average Bonchev–Trinajstić information content (AvgIpc) is 2.90. The summed E-state index contributed by atoms with van der Waals surface area (Å²) in [4.78, 5) is 2.14. The van der Waals surface area contributed by atoms with Crippen molar-refractivity contribution in [2.75, 3.05) is 13.6 Å². The van der Waals surface area contributed by atoms with Gasteiger partial charge in [-0.05, 0) is 55.6 Å². The summed E-state index contributed by atoms with van der Waals surface area (Å²) in [6, 6.07) is 16.7. The molecule has 2 aromatic rings. The third-order valence-corrected chi connectivity index (χ3v) is 5.63. The van der Waals surface area contributed by atoms with Gasteiger partial charge in [-0.1, -0.05) is 53.2 Å². The van der Waals surface area contributed by atoms with E-state index in [-0.39, 0.29) is 6.10 Å². The molecule has 134 valence electrons. The number of benzene rings is 2. The second kappa shape index (κ2) is 7.90. The van der Waals surface area contributed by atoms with E-state index in [1.807, 2.05) is 25.2 Å². The molecule has 1 N–H and O–H groups in total. The normalized spacial score (nSPS) is 23.8. The number of likely N-dealkylation sites (N-methyl/N-ethyl adjacent to an activating group) is 1. The van der Waals surface area contributed by atoms with Gasteiger partial charge in [-0.2, -0.15) is 0 Å². The topological polar surface area (TPSA) is 32.7 Å². The lowest BCUT2D eigenvalue weighted by atomic mass is 10.0. The van der Waals surface area contributed by atoms with E-state index < -0.39 is 5.72 Å². The molecule has 0 aliphatic carbocycles. The maximum absolute atomic E-state index is 10.1. The molecule has 3 nitrogen and oxygen atoms in total. The Morgan fingerprint density at radius 2 is 1.96 bits per heavy atom. The zero-order valence-corrected chi connectivity index (χ0v) is 16.5. The number of rotatable bonds is 6. The van der Waals surface area contributed by atoms with Crippen molar-refractivity contribution >= 4 is 15.9 Å². The summed E-state index contributed by atoms with van der Waals surface area (Å²) in [6.45, 7) is 2.78. The fraction of sp³-hybridized carbons (Fsp3) is 0.429. The van der Waals surface area contributed by atoms with E-state index in [1.54, 1.807) is 0 Å². The molecule has 1 heterocycles. The average molecular weight is 404 g/mol. The summed E-state index contributed by atoms with van der Waals surface area (Å²) in [5.74, 6) is 0.918. The molecule has 0 amide bonds. The molecule has 1 aliphatic heterocycles. The number of ether oxygens (including phenoxy) is 1. The lowest BCUT2D eigenvalue weighted by Crippen LogP contribution is -2.46. The maximum Gasteiger partial charge on any atom is 0.165 e. The number of aryl methyl sites for hydroxylation is 2. The molecule has 0 bridgehead atoms. The molecule has 3 rings (SSSR count). The smallest absolute Gasteiger partial charge is 0.165 e.